The monoisotopic (exact) mass is 212 g/mol. The van der Waals surface area contributed by atoms with Crippen LogP contribution < -0.4 is 0 Å². The number of rotatable bonds is 4. The molecule has 0 bridgehead atoms. The molecule has 1 atom stereocenters. The number of hydrogen-bond donors (Lipinski definition) is 0. The van der Waals surface area contributed by atoms with E-state index in [1.54, 1.807) is 12.3 Å². The van der Waals surface area contributed by atoms with E-state index in [1.165, 1.54) is 0 Å². The van der Waals surface area contributed by atoms with Crippen molar-refractivity contribution in [1.29, 1.82) is 0 Å². The standard InChI is InChI=1S/C11H17ClN2/c1-4-9(2)14(3)8-11-7-10(12)5-6-13-11/h5-7,9H,4,8H2,1-3H3. The van der Waals surface area contributed by atoms with Crippen LogP contribution in [-0.4, -0.2) is 23.0 Å². The van der Waals surface area contributed by atoms with Crippen molar-refractivity contribution in [2.24, 2.45) is 0 Å². The molecule has 1 aromatic rings. The highest BCUT2D eigenvalue weighted by Crippen LogP contribution is 2.11. The van der Waals surface area contributed by atoms with Crippen molar-refractivity contribution < 1.29 is 0 Å². The minimum atomic E-state index is 0.579. The SMILES string of the molecule is CCC(C)N(C)Cc1cc(Cl)ccn1. The van der Waals surface area contributed by atoms with Crippen LogP contribution in [-0.2, 0) is 6.54 Å². The maximum atomic E-state index is 5.88. The van der Waals surface area contributed by atoms with Crippen molar-refractivity contribution in [3.63, 3.8) is 0 Å². The number of pyridine rings is 1. The van der Waals surface area contributed by atoms with E-state index in [0.717, 1.165) is 23.7 Å². The minimum absolute atomic E-state index is 0.579. The lowest BCUT2D eigenvalue weighted by atomic mass is 10.2. The summed E-state index contributed by atoms with van der Waals surface area (Å²) in [5.74, 6) is 0. The van der Waals surface area contributed by atoms with Gasteiger partial charge in [0.05, 0.1) is 5.69 Å². The fraction of sp³-hybridized carbons (Fsp3) is 0.545. The number of nitrogens with zero attached hydrogens (tertiary/aromatic N) is 2. The topological polar surface area (TPSA) is 16.1 Å². The molecule has 0 aromatic carbocycles. The first-order valence-corrected chi connectivity index (χ1v) is 5.32. The summed E-state index contributed by atoms with van der Waals surface area (Å²) >= 11 is 5.88. The van der Waals surface area contributed by atoms with Crippen LogP contribution in [0.3, 0.4) is 0 Å². The Morgan fingerprint density at radius 1 is 1.57 bits per heavy atom. The Morgan fingerprint density at radius 3 is 2.86 bits per heavy atom. The first-order chi connectivity index (χ1) is 6.63. The van der Waals surface area contributed by atoms with Crippen LogP contribution in [0.25, 0.3) is 0 Å². The molecule has 1 aromatic heterocycles. The van der Waals surface area contributed by atoms with Gasteiger partial charge in [0, 0.05) is 23.8 Å². The lowest BCUT2D eigenvalue weighted by Gasteiger charge is -2.22. The summed E-state index contributed by atoms with van der Waals surface area (Å²) in [4.78, 5) is 6.55. The first-order valence-electron chi connectivity index (χ1n) is 4.94. The number of aromatic nitrogens is 1. The zero-order chi connectivity index (χ0) is 10.6. The first kappa shape index (κ1) is 11.5. The average Bonchev–Trinajstić information content (AvgIpc) is 2.16. The van der Waals surface area contributed by atoms with Gasteiger partial charge < -0.3 is 0 Å². The molecular weight excluding hydrogens is 196 g/mol. The molecule has 0 radical (unpaired) electrons. The molecule has 0 amide bonds. The van der Waals surface area contributed by atoms with Gasteiger partial charge in [0.2, 0.25) is 0 Å². The van der Waals surface area contributed by atoms with Gasteiger partial charge in [0.1, 0.15) is 0 Å². The largest absolute Gasteiger partial charge is 0.298 e. The molecule has 1 unspecified atom stereocenters. The highest BCUT2D eigenvalue weighted by Gasteiger charge is 2.07. The zero-order valence-electron chi connectivity index (χ0n) is 9.00. The maximum Gasteiger partial charge on any atom is 0.0558 e. The van der Waals surface area contributed by atoms with E-state index in [2.05, 4.69) is 30.8 Å². The van der Waals surface area contributed by atoms with Gasteiger partial charge in [0.15, 0.2) is 0 Å². The lowest BCUT2D eigenvalue weighted by Crippen LogP contribution is -2.28. The Labute approximate surface area is 90.9 Å². The van der Waals surface area contributed by atoms with Crippen molar-refractivity contribution in [2.45, 2.75) is 32.9 Å². The van der Waals surface area contributed by atoms with Crippen molar-refractivity contribution >= 4 is 11.6 Å². The van der Waals surface area contributed by atoms with Gasteiger partial charge in [-0.25, -0.2) is 0 Å². The quantitative estimate of drug-likeness (QED) is 0.763. The zero-order valence-corrected chi connectivity index (χ0v) is 9.75. The van der Waals surface area contributed by atoms with Gasteiger partial charge in [-0.3, -0.25) is 9.88 Å². The second kappa shape index (κ2) is 5.32. The molecule has 78 valence electrons. The average molecular weight is 213 g/mol. The Morgan fingerprint density at radius 2 is 2.29 bits per heavy atom. The fourth-order valence-corrected chi connectivity index (χ4v) is 1.44. The van der Waals surface area contributed by atoms with Crippen molar-refractivity contribution in [3.8, 4) is 0 Å². The van der Waals surface area contributed by atoms with E-state index in [-0.39, 0.29) is 0 Å². The summed E-state index contributed by atoms with van der Waals surface area (Å²) in [7, 11) is 2.11. The summed E-state index contributed by atoms with van der Waals surface area (Å²) in [6, 6.07) is 4.30. The number of hydrogen-bond acceptors (Lipinski definition) is 2. The summed E-state index contributed by atoms with van der Waals surface area (Å²) in [6.07, 6.45) is 2.90. The molecule has 1 rings (SSSR count). The molecule has 0 aliphatic heterocycles. The van der Waals surface area contributed by atoms with Crippen LogP contribution in [0.1, 0.15) is 26.0 Å². The Kier molecular flexibility index (Phi) is 4.36. The molecule has 2 nitrogen and oxygen atoms in total. The van der Waals surface area contributed by atoms with Crippen LogP contribution in [0, 0.1) is 0 Å². The van der Waals surface area contributed by atoms with E-state index < -0.39 is 0 Å². The molecule has 0 saturated carbocycles. The van der Waals surface area contributed by atoms with Gasteiger partial charge in [-0.05, 0) is 32.5 Å². The molecule has 0 spiro atoms. The molecule has 0 aliphatic rings. The Balaban J connectivity index is 2.60. The molecule has 0 saturated heterocycles. The Hall–Kier alpha value is -0.600. The summed E-state index contributed by atoms with van der Waals surface area (Å²) in [5.41, 5.74) is 1.03. The third-order valence-electron chi connectivity index (χ3n) is 2.53. The summed E-state index contributed by atoms with van der Waals surface area (Å²) < 4.78 is 0. The second-order valence-electron chi connectivity index (χ2n) is 3.64. The van der Waals surface area contributed by atoms with Gasteiger partial charge in [-0.1, -0.05) is 18.5 Å². The van der Waals surface area contributed by atoms with Crippen LogP contribution in [0.2, 0.25) is 5.02 Å². The number of halogens is 1. The molecule has 1 heterocycles. The third-order valence-corrected chi connectivity index (χ3v) is 2.77. The Bertz CT molecular complexity index is 288. The van der Waals surface area contributed by atoms with E-state index in [0.29, 0.717) is 6.04 Å². The van der Waals surface area contributed by atoms with E-state index in [9.17, 15) is 0 Å². The molecule has 0 fully saturated rings. The fourth-order valence-electron chi connectivity index (χ4n) is 1.26. The predicted octanol–water partition coefficient (Wildman–Crippen LogP) is 2.97. The maximum absolute atomic E-state index is 5.88. The minimum Gasteiger partial charge on any atom is -0.298 e. The van der Waals surface area contributed by atoms with E-state index >= 15 is 0 Å². The third kappa shape index (κ3) is 3.28. The smallest absolute Gasteiger partial charge is 0.0558 e. The summed E-state index contributed by atoms with van der Waals surface area (Å²) in [5, 5.41) is 0.757. The predicted molar refractivity (Wildman–Crippen MR) is 60.5 cm³/mol. The van der Waals surface area contributed by atoms with Gasteiger partial charge in [0.25, 0.3) is 0 Å². The highest BCUT2D eigenvalue weighted by atomic mass is 35.5. The second-order valence-corrected chi connectivity index (χ2v) is 4.07. The molecule has 0 aliphatic carbocycles. The van der Waals surface area contributed by atoms with Crippen molar-refractivity contribution in [2.75, 3.05) is 7.05 Å². The van der Waals surface area contributed by atoms with Gasteiger partial charge in [-0.2, -0.15) is 0 Å². The van der Waals surface area contributed by atoms with Crippen LogP contribution >= 0.6 is 11.6 Å². The molecule has 0 N–H and O–H groups in total. The van der Waals surface area contributed by atoms with Crippen LogP contribution in [0.5, 0.6) is 0 Å². The van der Waals surface area contributed by atoms with E-state index in [1.807, 2.05) is 6.07 Å². The van der Waals surface area contributed by atoms with Gasteiger partial charge >= 0.3 is 0 Å². The van der Waals surface area contributed by atoms with Crippen molar-refractivity contribution in [3.05, 3.63) is 29.0 Å². The lowest BCUT2D eigenvalue weighted by molar-refractivity contribution is 0.241. The van der Waals surface area contributed by atoms with Crippen LogP contribution in [0.4, 0.5) is 0 Å². The van der Waals surface area contributed by atoms with Gasteiger partial charge in [-0.15, -0.1) is 0 Å². The van der Waals surface area contributed by atoms with Crippen LogP contribution in [0.15, 0.2) is 18.3 Å². The molecule has 3 heteroatoms. The van der Waals surface area contributed by atoms with E-state index in [4.69, 9.17) is 11.6 Å². The summed E-state index contributed by atoms with van der Waals surface area (Å²) in [6.45, 7) is 5.26. The molecular formula is C11H17ClN2. The normalized spacial score (nSPS) is 13.2. The molecule has 14 heavy (non-hydrogen) atoms. The highest BCUT2D eigenvalue weighted by molar-refractivity contribution is 6.30. The van der Waals surface area contributed by atoms with Crippen molar-refractivity contribution in [1.82, 2.24) is 9.88 Å².